The molecule has 0 unspecified atom stereocenters. The van der Waals surface area contributed by atoms with Crippen molar-refractivity contribution >= 4 is 49.7 Å². The largest absolute Gasteiger partial charge is 2.00 e. The van der Waals surface area contributed by atoms with Gasteiger partial charge in [-0.3, -0.25) is 0 Å². The molecule has 0 aliphatic rings. The molecule has 50 valence electrons. The van der Waals surface area contributed by atoms with Crippen molar-refractivity contribution in [3.63, 3.8) is 0 Å². The van der Waals surface area contributed by atoms with E-state index in [0.29, 0.717) is 0 Å². The van der Waals surface area contributed by atoms with E-state index in [1.807, 2.05) is 0 Å². The molecule has 0 bridgehead atoms. The van der Waals surface area contributed by atoms with E-state index in [1.54, 1.807) is 0 Å². The third kappa shape index (κ3) is 842. The molecule has 0 saturated heterocycles. The summed E-state index contributed by atoms with van der Waals surface area (Å²) in [6.07, 6.45) is 0. The second-order valence-electron chi connectivity index (χ2n) is 0.983. The Hall–Kier alpha value is 0.797. The van der Waals surface area contributed by atoms with Crippen molar-refractivity contribution in [2.24, 2.45) is 0 Å². The van der Waals surface area contributed by atoms with Crippen LogP contribution in [-0.4, -0.2) is 49.7 Å². The summed E-state index contributed by atoms with van der Waals surface area (Å²) in [4.78, 5) is 17.8. The van der Waals surface area contributed by atoms with Crippen LogP contribution in [-0.2, 0) is 9.59 Å². The van der Waals surface area contributed by atoms with Gasteiger partial charge in [-0.05, 0) is 13.8 Å². The summed E-state index contributed by atoms with van der Waals surface area (Å²) in [5.41, 5.74) is 0. The summed E-state index contributed by atoms with van der Waals surface area (Å²) in [5.74, 6) is -2.17. The molecule has 10 heavy (non-hydrogen) atoms. The first kappa shape index (κ1) is 22.4. The number of carbonyl (C=O) groups excluding carboxylic acids is 2. The van der Waals surface area contributed by atoms with E-state index in [0.717, 1.165) is 13.8 Å². The molecule has 0 rings (SSSR count). The van der Waals surface area contributed by atoms with Crippen LogP contribution in [0, 0.1) is 0 Å². The van der Waals surface area contributed by atoms with Gasteiger partial charge in [0.2, 0.25) is 0 Å². The van der Waals surface area contributed by atoms with Crippen molar-refractivity contribution in [3.05, 3.63) is 0 Å². The Balaban J connectivity index is -0.0000000171. The maximum atomic E-state index is 8.89. The Morgan fingerprint density at radius 2 is 1.10 bits per heavy atom. The monoisotopic (exact) mass is 166 g/mol. The first-order valence-electron chi connectivity index (χ1n) is 1.82. The van der Waals surface area contributed by atoms with Gasteiger partial charge in [-0.2, -0.15) is 0 Å². The molecule has 0 spiro atoms. The molecule has 0 aliphatic carbocycles. The number of carboxylic acids is 2. The van der Waals surface area contributed by atoms with Gasteiger partial charge in [0.25, 0.3) is 0 Å². The predicted molar refractivity (Wildman–Crippen MR) is 28.2 cm³/mol. The average Bonchev–Trinajstić information content (AvgIpc) is 1.25. The van der Waals surface area contributed by atoms with Crippen LogP contribution in [0.3, 0.4) is 0 Å². The Morgan fingerprint density at radius 3 is 1.10 bits per heavy atom. The van der Waals surface area contributed by atoms with E-state index in [-0.39, 0.29) is 58.0 Å². The molecular weight excluding hydrogens is 159 g/mol. The summed E-state index contributed by atoms with van der Waals surface area (Å²) in [7, 11) is 0. The molecular formula is C4H7CaLiO4. The zero-order valence-electron chi connectivity index (χ0n) is 7.34. The van der Waals surface area contributed by atoms with Crippen LogP contribution in [0.25, 0.3) is 0 Å². The summed E-state index contributed by atoms with van der Waals surface area (Å²) < 4.78 is 0. The van der Waals surface area contributed by atoms with Crippen molar-refractivity contribution in [3.8, 4) is 0 Å². The minimum Gasteiger partial charge on any atom is -1.00 e. The van der Waals surface area contributed by atoms with E-state index < -0.39 is 11.9 Å². The van der Waals surface area contributed by atoms with Gasteiger partial charge in [0.15, 0.2) is 0 Å². The molecule has 0 saturated carbocycles. The number of carboxylic acid groups (broad SMARTS) is 2. The first-order valence-corrected chi connectivity index (χ1v) is 1.82. The molecule has 4 nitrogen and oxygen atoms in total. The molecule has 0 fully saturated rings. The van der Waals surface area contributed by atoms with Crippen LogP contribution in [0.15, 0.2) is 0 Å². The zero-order chi connectivity index (χ0) is 7.15. The second kappa shape index (κ2) is 16.4. The van der Waals surface area contributed by atoms with Crippen molar-refractivity contribution < 1.29 is 40.1 Å². The molecule has 0 aromatic heterocycles. The van der Waals surface area contributed by atoms with E-state index >= 15 is 0 Å². The van der Waals surface area contributed by atoms with Gasteiger partial charge in [-0.1, -0.05) is 0 Å². The minimum atomic E-state index is -1.08. The van der Waals surface area contributed by atoms with Crippen LogP contribution < -0.4 is 29.1 Å². The second-order valence-corrected chi connectivity index (χ2v) is 0.983. The molecule has 0 aliphatic heterocycles. The Kier molecular flexibility index (Phi) is 36.8. The van der Waals surface area contributed by atoms with E-state index in [2.05, 4.69) is 0 Å². The third-order valence-corrected chi connectivity index (χ3v) is 0. The Bertz CT molecular complexity index is 80.1. The van der Waals surface area contributed by atoms with Crippen molar-refractivity contribution in [2.75, 3.05) is 0 Å². The molecule has 0 aromatic carbocycles. The summed E-state index contributed by atoms with van der Waals surface area (Å²) in [5, 5.41) is 17.8. The summed E-state index contributed by atoms with van der Waals surface area (Å²) in [6, 6.07) is 0. The Morgan fingerprint density at radius 1 is 1.10 bits per heavy atom. The number of rotatable bonds is 0. The quantitative estimate of drug-likeness (QED) is 0.336. The minimum absolute atomic E-state index is 0. The maximum absolute atomic E-state index is 8.89. The first-order chi connectivity index (χ1) is 3.46. The smallest absolute Gasteiger partial charge is 1.00 e. The van der Waals surface area contributed by atoms with Crippen molar-refractivity contribution in [1.29, 1.82) is 0 Å². The Labute approximate surface area is 103 Å². The van der Waals surface area contributed by atoms with Gasteiger partial charge in [-0.25, -0.2) is 0 Å². The number of hydrogen-bond acceptors (Lipinski definition) is 4. The van der Waals surface area contributed by atoms with Gasteiger partial charge < -0.3 is 21.2 Å². The molecule has 0 N–H and O–H groups in total. The van der Waals surface area contributed by atoms with Gasteiger partial charge in [0.05, 0.1) is 0 Å². The topological polar surface area (TPSA) is 80.3 Å². The van der Waals surface area contributed by atoms with Crippen LogP contribution in [0.4, 0.5) is 0 Å². The number of carbonyl (C=O) groups is 2. The molecule has 0 heterocycles. The third-order valence-electron chi connectivity index (χ3n) is 0. The number of hydrogen-bond donors (Lipinski definition) is 0. The van der Waals surface area contributed by atoms with Gasteiger partial charge in [-0.15, -0.1) is 0 Å². The maximum Gasteiger partial charge on any atom is 2.00 e. The number of aliphatic carboxylic acids is 2. The fraction of sp³-hybridized carbons (Fsp3) is 0.500. The van der Waals surface area contributed by atoms with E-state index in [4.69, 9.17) is 19.8 Å². The SMILES string of the molecule is CC(=O)[O-].CC(=O)[O-].[Ca+2].[H-].[Li+]. The molecule has 6 heteroatoms. The van der Waals surface area contributed by atoms with E-state index in [1.165, 1.54) is 0 Å². The van der Waals surface area contributed by atoms with Gasteiger partial charge in [0, 0.05) is 11.9 Å². The van der Waals surface area contributed by atoms with E-state index in [9.17, 15) is 0 Å². The van der Waals surface area contributed by atoms with Crippen LogP contribution >= 0.6 is 0 Å². The molecule has 0 amide bonds. The van der Waals surface area contributed by atoms with Crippen molar-refractivity contribution in [2.45, 2.75) is 13.8 Å². The van der Waals surface area contributed by atoms with Crippen molar-refractivity contribution in [1.82, 2.24) is 0 Å². The molecule has 0 aromatic rings. The van der Waals surface area contributed by atoms with Gasteiger partial charge in [0.1, 0.15) is 0 Å². The van der Waals surface area contributed by atoms with Gasteiger partial charge >= 0.3 is 56.6 Å². The normalized spacial score (nSPS) is 5.00. The molecule has 0 radical (unpaired) electrons. The van der Waals surface area contributed by atoms with Crippen LogP contribution in [0.5, 0.6) is 0 Å². The summed E-state index contributed by atoms with van der Waals surface area (Å²) in [6.45, 7) is 1.94. The van der Waals surface area contributed by atoms with Crippen LogP contribution in [0.2, 0.25) is 0 Å². The van der Waals surface area contributed by atoms with Crippen LogP contribution in [0.1, 0.15) is 15.3 Å². The fourth-order valence-corrected chi connectivity index (χ4v) is 0. The zero-order valence-corrected chi connectivity index (χ0v) is 8.55. The standard InChI is InChI=1S/2C2H4O2.Ca.Li.H/c2*1-2(3)4;;;/h2*1H3,(H,3,4);;;/q;;+2;+1;-1/p-2. The molecule has 0 atom stereocenters. The fourth-order valence-electron chi connectivity index (χ4n) is 0. The average molecular weight is 166 g/mol. The predicted octanol–water partition coefficient (Wildman–Crippen LogP) is -5.75. The summed E-state index contributed by atoms with van der Waals surface area (Å²) >= 11 is 0.